The third-order valence-electron chi connectivity index (χ3n) is 2.89. The van der Waals surface area contributed by atoms with E-state index in [0.29, 0.717) is 12.2 Å². The summed E-state index contributed by atoms with van der Waals surface area (Å²) in [6.45, 7) is 2.08. The van der Waals surface area contributed by atoms with Gasteiger partial charge < -0.3 is 9.84 Å². The molecule has 3 nitrogen and oxygen atoms in total. The minimum atomic E-state index is -0.478. The number of aliphatic hydroxyl groups is 1. The van der Waals surface area contributed by atoms with Crippen LogP contribution >= 0.6 is 0 Å². The van der Waals surface area contributed by atoms with Gasteiger partial charge in [-0.15, -0.1) is 0 Å². The zero-order valence-corrected chi connectivity index (χ0v) is 10.7. The molecule has 96 valence electrons. The van der Waals surface area contributed by atoms with Crippen molar-refractivity contribution in [2.45, 2.75) is 19.6 Å². The van der Waals surface area contributed by atoms with Gasteiger partial charge in [0.2, 0.25) is 0 Å². The van der Waals surface area contributed by atoms with E-state index in [4.69, 9.17) is 10.00 Å². The molecule has 0 spiro atoms. The van der Waals surface area contributed by atoms with E-state index in [9.17, 15) is 5.11 Å². The summed E-state index contributed by atoms with van der Waals surface area (Å²) in [5, 5.41) is 18.4. The Balaban J connectivity index is 2.04. The average Bonchev–Trinajstić information content (AvgIpc) is 2.45. The molecule has 2 rings (SSSR count). The Morgan fingerprint density at radius 1 is 1.16 bits per heavy atom. The zero-order valence-electron chi connectivity index (χ0n) is 10.7. The van der Waals surface area contributed by atoms with Gasteiger partial charge in [-0.1, -0.05) is 30.3 Å². The molecule has 3 heteroatoms. The molecule has 0 aliphatic carbocycles. The van der Waals surface area contributed by atoms with Gasteiger partial charge in [-0.25, -0.2) is 0 Å². The Labute approximate surface area is 112 Å². The van der Waals surface area contributed by atoms with Crippen LogP contribution in [0.1, 0.15) is 29.7 Å². The van der Waals surface area contributed by atoms with E-state index in [1.165, 1.54) is 0 Å². The summed E-state index contributed by atoms with van der Waals surface area (Å²) >= 11 is 0. The van der Waals surface area contributed by atoms with Crippen molar-refractivity contribution < 1.29 is 9.84 Å². The second-order valence-electron chi connectivity index (χ2n) is 4.30. The molecular weight excluding hydrogens is 238 g/mol. The molecule has 0 bridgehead atoms. The molecular formula is C16H15NO2. The van der Waals surface area contributed by atoms with Gasteiger partial charge >= 0.3 is 0 Å². The predicted octanol–water partition coefficient (Wildman–Crippen LogP) is 3.19. The Morgan fingerprint density at radius 2 is 1.84 bits per heavy atom. The Bertz CT molecular complexity index is 582. The van der Waals surface area contributed by atoms with Gasteiger partial charge in [0.15, 0.2) is 0 Å². The summed E-state index contributed by atoms with van der Waals surface area (Å²) in [5.41, 5.74) is 2.34. The highest BCUT2D eigenvalue weighted by Gasteiger charge is 2.03. The van der Waals surface area contributed by atoms with Gasteiger partial charge in [0.25, 0.3) is 0 Å². The van der Waals surface area contributed by atoms with Gasteiger partial charge in [-0.05, 0) is 30.7 Å². The van der Waals surface area contributed by atoms with Crippen LogP contribution in [0.15, 0.2) is 48.5 Å². The van der Waals surface area contributed by atoms with Crippen molar-refractivity contribution in [1.29, 1.82) is 5.26 Å². The number of nitrogens with zero attached hydrogens (tertiary/aromatic N) is 1. The van der Waals surface area contributed by atoms with Crippen molar-refractivity contribution in [3.63, 3.8) is 0 Å². The third-order valence-corrected chi connectivity index (χ3v) is 2.89. The molecule has 0 radical (unpaired) electrons. The number of nitriles is 1. The van der Waals surface area contributed by atoms with Crippen LogP contribution in [0.5, 0.6) is 5.75 Å². The van der Waals surface area contributed by atoms with Crippen molar-refractivity contribution in [2.24, 2.45) is 0 Å². The molecule has 2 aromatic carbocycles. The van der Waals surface area contributed by atoms with Crippen molar-refractivity contribution >= 4 is 0 Å². The lowest BCUT2D eigenvalue weighted by molar-refractivity contribution is 0.199. The van der Waals surface area contributed by atoms with Gasteiger partial charge in [-0.2, -0.15) is 5.26 Å². The summed E-state index contributed by atoms with van der Waals surface area (Å²) in [4.78, 5) is 0. The standard InChI is InChI=1S/C16H15NO2/c1-12(18)13-6-8-16(9-7-13)19-11-15-5-3-2-4-14(15)10-17/h2-9,12,18H,11H2,1H3. The van der Waals surface area contributed by atoms with E-state index in [1.807, 2.05) is 42.5 Å². The van der Waals surface area contributed by atoms with Crippen molar-refractivity contribution in [2.75, 3.05) is 0 Å². The first-order valence-corrected chi connectivity index (χ1v) is 6.09. The molecule has 0 aromatic heterocycles. The first kappa shape index (κ1) is 13.1. The molecule has 1 atom stereocenters. The highest BCUT2D eigenvalue weighted by atomic mass is 16.5. The average molecular weight is 253 g/mol. The lowest BCUT2D eigenvalue weighted by Crippen LogP contribution is -1.98. The largest absolute Gasteiger partial charge is 0.489 e. The molecule has 0 amide bonds. The summed E-state index contributed by atoms with van der Waals surface area (Å²) in [5.74, 6) is 0.720. The number of aliphatic hydroxyl groups excluding tert-OH is 1. The lowest BCUT2D eigenvalue weighted by atomic mass is 10.1. The molecule has 19 heavy (non-hydrogen) atoms. The quantitative estimate of drug-likeness (QED) is 0.910. The first-order valence-electron chi connectivity index (χ1n) is 6.09. The van der Waals surface area contributed by atoms with Crippen LogP contribution in [0.25, 0.3) is 0 Å². The SMILES string of the molecule is CC(O)c1ccc(OCc2ccccc2C#N)cc1. The summed E-state index contributed by atoms with van der Waals surface area (Å²) in [7, 11) is 0. The molecule has 0 heterocycles. The highest BCUT2D eigenvalue weighted by Crippen LogP contribution is 2.19. The van der Waals surface area contributed by atoms with E-state index in [1.54, 1.807) is 13.0 Å². The first-order chi connectivity index (χ1) is 9.20. The van der Waals surface area contributed by atoms with Crippen LogP contribution in [0.3, 0.4) is 0 Å². The number of ether oxygens (including phenoxy) is 1. The van der Waals surface area contributed by atoms with Gasteiger partial charge in [-0.3, -0.25) is 0 Å². The second kappa shape index (κ2) is 6.03. The van der Waals surface area contributed by atoms with Crippen LogP contribution in [-0.2, 0) is 6.61 Å². The van der Waals surface area contributed by atoms with Gasteiger partial charge in [0.05, 0.1) is 17.7 Å². The molecule has 0 fully saturated rings. The van der Waals surface area contributed by atoms with E-state index in [-0.39, 0.29) is 0 Å². The van der Waals surface area contributed by atoms with Crippen molar-refractivity contribution in [3.05, 3.63) is 65.2 Å². The van der Waals surface area contributed by atoms with Crippen LogP contribution in [0.2, 0.25) is 0 Å². The predicted molar refractivity (Wildman–Crippen MR) is 72.6 cm³/mol. The maximum absolute atomic E-state index is 9.41. The molecule has 0 saturated carbocycles. The van der Waals surface area contributed by atoms with Crippen LogP contribution in [0.4, 0.5) is 0 Å². The maximum atomic E-state index is 9.41. The molecule has 1 N–H and O–H groups in total. The zero-order chi connectivity index (χ0) is 13.7. The number of hydrogen-bond donors (Lipinski definition) is 1. The van der Waals surface area contributed by atoms with Crippen LogP contribution in [-0.4, -0.2) is 5.11 Å². The van der Waals surface area contributed by atoms with Crippen molar-refractivity contribution in [1.82, 2.24) is 0 Å². The Kier molecular flexibility index (Phi) is 4.17. The van der Waals surface area contributed by atoms with E-state index in [2.05, 4.69) is 6.07 Å². The maximum Gasteiger partial charge on any atom is 0.119 e. The second-order valence-corrected chi connectivity index (χ2v) is 4.30. The molecule has 2 aromatic rings. The Morgan fingerprint density at radius 3 is 2.47 bits per heavy atom. The van der Waals surface area contributed by atoms with Crippen LogP contribution < -0.4 is 4.74 Å². The number of benzene rings is 2. The van der Waals surface area contributed by atoms with Crippen molar-refractivity contribution in [3.8, 4) is 11.8 Å². The van der Waals surface area contributed by atoms with E-state index < -0.39 is 6.10 Å². The summed E-state index contributed by atoms with van der Waals surface area (Å²) < 4.78 is 5.64. The van der Waals surface area contributed by atoms with E-state index in [0.717, 1.165) is 16.9 Å². The number of rotatable bonds is 4. The Hall–Kier alpha value is -2.31. The highest BCUT2D eigenvalue weighted by molar-refractivity contribution is 5.37. The minimum Gasteiger partial charge on any atom is -0.489 e. The molecule has 0 aliphatic rings. The fourth-order valence-corrected chi connectivity index (χ4v) is 1.76. The molecule has 0 saturated heterocycles. The lowest BCUT2D eigenvalue weighted by Gasteiger charge is -2.09. The minimum absolute atomic E-state index is 0.359. The topological polar surface area (TPSA) is 53.2 Å². The smallest absolute Gasteiger partial charge is 0.119 e. The monoisotopic (exact) mass is 253 g/mol. The normalized spacial score (nSPS) is 11.6. The van der Waals surface area contributed by atoms with Gasteiger partial charge in [0, 0.05) is 5.56 Å². The summed E-state index contributed by atoms with van der Waals surface area (Å²) in [6.07, 6.45) is -0.478. The number of hydrogen-bond acceptors (Lipinski definition) is 3. The fourth-order valence-electron chi connectivity index (χ4n) is 1.76. The van der Waals surface area contributed by atoms with Crippen LogP contribution in [0, 0.1) is 11.3 Å². The molecule has 1 unspecified atom stereocenters. The fraction of sp³-hybridized carbons (Fsp3) is 0.188. The molecule has 0 aliphatic heterocycles. The third kappa shape index (κ3) is 3.34. The summed E-state index contributed by atoms with van der Waals surface area (Å²) in [6, 6.07) is 16.8. The van der Waals surface area contributed by atoms with E-state index >= 15 is 0 Å². The van der Waals surface area contributed by atoms with Gasteiger partial charge in [0.1, 0.15) is 12.4 Å².